The van der Waals surface area contributed by atoms with Crippen molar-refractivity contribution in [1.29, 1.82) is 0 Å². The summed E-state index contributed by atoms with van der Waals surface area (Å²) in [6.07, 6.45) is 0. The van der Waals surface area contributed by atoms with Gasteiger partial charge in [-0.2, -0.15) is 4.98 Å². The number of ether oxygens (including phenoxy) is 1. The van der Waals surface area contributed by atoms with Crippen molar-refractivity contribution in [3.8, 4) is 5.75 Å². The van der Waals surface area contributed by atoms with Gasteiger partial charge >= 0.3 is 5.97 Å². The second kappa shape index (κ2) is 5.38. The zero-order valence-corrected chi connectivity index (χ0v) is 13.0. The molecule has 2 heterocycles. The molecule has 3 aromatic rings. The normalized spacial score (nSPS) is 10.9. The minimum atomic E-state index is -0.632. The molecule has 0 saturated heterocycles. The van der Waals surface area contributed by atoms with Gasteiger partial charge in [-0.05, 0) is 50.6 Å². The maximum Gasteiger partial charge on any atom is 0.383 e. The molecule has 0 aliphatic heterocycles. The van der Waals surface area contributed by atoms with Crippen LogP contribution in [0.5, 0.6) is 5.75 Å². The Bertz CT molecular complexity index is 889. The van der Waals surface area contributed by atoms with Crippen LogP contribution in [0.3, 0.4) is 0 Å². The summed E-state index contributed by atoms with van der Waals surface area (Å²) >= 11 is 5.88. The first-order valence-electron chi connectivity index (χ1n) is 6.63. The van der Waals surface area contributed by atoms with Gasteiger partial charge in [-0.3, -0.25) is 0 Å². The number of aryl methyl sites for hydroxylation is 3. The van der Waals surface area contributed by atoms with Crippen LogP contribution in [0.4, 0.5) is 0 Å². The topological polar surface area (TPSA) is 69.4 Å². The van der Waals surface area contributed by atoms with E-state index >= 15 is 0 Å². The highest BCUT2D eigenvalue weighted by molar-refractivity contribution is 6.30. The van der Waals surface area contributed by atoms with Crippen LogP contribution in [0, 0.1) is 20.8 Å². The Labute approximate surface area is 131 Å². The molecule has 112 valence electrons. The van der Waals surface area contributed by atoms with Gasteiger partial charge in [0.1, 0.15) is 5.75 Å². The molecule has 1 aromatic carbocycles. The Morgan fingerprint density at radius 3 is 2.68 bits per heavy atom. The SMILES string of the molecule is Cc1cc(C)n2nc(C(=O)Oc3ccc(Cl)cc3C)nc2n1. The number of carbonyl (C=O) groups excluding carboxylic acids is 1. The van der Waals surface area contributed by atoms with E-state index in [9.17, 15) is 4.79 Å². The first kappa shape index (κ1) is 14.5. The molecule has 0 aliphatic rings. The number of nitrogens with zero attached hydrogens (tertiary/aromatic N) is 4. The van der Waals surface area contributed by atoms with Gasteiger partial charge in [0.25, 0.3) is 11.6 Å². The Kier molecular flexibility index (Phi) is 3.54. The van der Waals surface area contributed by atoms with Crippen molar-refractivity contribution in [2.24, 2.45) is 0 Å². The summed E-state index contributed by atoms with van der Waals surface area (Å²) in [5.74, 6) is 0.134. The van der Waals surface area contributed by atoms with Crippen molar-refractivity contribution in [1.82, 2.24) is 19.6 Å². The molecule has 6 nitrogen and oxygen atoms in total. The number of hydrogen-bond donors (Lipinski definition) is 0. The highest BCUT2D eigenvalue weighted by atomic mass is 35.5. The van der Waals surface area contributed by atoms with E-state index in [0.29, 0.717) is 16.5 Å². The lowest BCUT2D eigenvalue weighted by atomic mass is 10.2. The predicted molar refractivity (Wildman–Crippen MR) is 81.4 cm³/mol. The third kappa shape index (κ3) is 2.65. The number of carbonyl (C=O) groups is 1. The average molecular weight is 317 g/mol. The fourth-order valence-electron chi connectivity index (χ4n) is 2.13. The van der Waals surface area contributed by atoms with E-state index in [-0.39, 0.29) is 5.82 Å². The van der Waals surface area contributed by atoms with Crippen molar-refractivity contribution < 1.29 is 9.53 Å². The van der Waals surface area contributed by atoms with Crippen LogP contribution in [0.2, 0.25) is 5.02 Å². The summed E-state index contributed by atoms with van der Waals surface area (Å²) in [6.45, 7) is 5.53. The van der Waals surface area contributed by atoms with Crippen LogP contribution in [-0.4, -0.2) is 25.6 Å². The molecule has 0 radical (unpaired) electrons. The van der Waals surface area contributed by atoms with Crippen molar-refractivity contribution in [3.63, 3.8) is 0 Å². The lowest BCUT2D eigenvalue weighted by Crippen LogP contribution is -2.11. The molecular formula is C15H13ClN4O2. The Hall–Kier alpha value is -2.47. The highest BCUT2D eigenvalue weighted by Gasteiger charge is 2.18. The van der Waals surface area contributed by atoms with E-state index in [1.807, 2.05) is 19.9 Å². The van der Waals surface area contributed by atoms with Gasteiger partial charge in [0.05, 0.1) is 0 Å². The van der Waals surface area contributed by atoms with E-state index in [1.165, 1.54) is 4.52 Å². The van der Waals surface area contributed by atoms with E-state index in [4.69, 9.17) is 16.3 Å². The quantitative estimate of drug-likeness (QED) is 0.537. The van der Waals surface area contributed by atoms with Gasteiger partial charge in [-0.25, -0.2) is 14.3 Å². The maximum absolute atomic E-state index is 12.2. The summed E-state index contributed by atoms with van der Waals surface area (Å²) < 4.78 is 6.83. The van der Waals surface area contributed by atoms with Crippen LogP contribution in [0.25, 0.3) is 5.78 Å². The van der Waals surface area contributed by atoms with Crippen molar-refractivity contribution >= 4 is 23.3 Å². The number of rotatable bonds is 2. The first-order chi connectivity index (χ1) is 10.4. The smallest absolute Gasteiger partial charge is 0.383 e. The molecule has 0 aliphatic carbocycles. The summed E-state index contributed by atoms with van der Waals surface area (Å²) in [5, 5.41) is 4.72. The van der Waals surface area contributed by atoms with Crippen LogP contribution in [0.1, 0.15) is 27.6 Å². The van der Waals surface area contributed by atoms with Crippen molar-refractivity contribution in [3.05, 3.63) is 52.1 Å². The third-order valence-electron chi connectivity index (χ3n) is 3.14. The summed E-state index contributed by atoms with van der Waals surface area (Å²) in [4.78, 5) is 20.6. The van der Waals surface area contributed by atoms with E-state index in [1.54, 1.807) is 25.1 Å². The Balaban J connectivity index is 1.93. The third-order valence-corrected chi connectivity index (χ3v) is 3.38. The Morgan fingerprint density at radius 1 is 1.18 bits per heavy atom. The molecule has 7 heteroatoms. The number of esters is 1. The largest absolute Gasteiger partial charge is 0.420 e. The van der Waals surface area contributed by atoms with E-state index in [2.05, 4.69) is 15.1 Å². The molecule has 0 N–H and O–H groups in total. The van der Waals surface area contributed by atoms with Gasteiger partial charge < -0.3 is 4.74 Å². The molecule has 0 spiro atoms. The molecule has 2 aromatic heterocycles. The molecule has 22 heavy (non-hydrogen) atoms. The number of fused-ring (bicyclic) bond motifs is 1. The monoisotopic (exact) mass is 316 g/mol. The van der Waals surface area contributed by atoms with E-state index < -0.39 is 5.97 Å². The van der Waals surface area contributed by atoms with Crippen molar-refractivity contribution in [2.75, 3.05) is 0 Å². The highest BCUT2D eigenvalue weighted by Crippen LogP contribution is 2.22. The lowest BCUT2D eigenvalue weighted by Gasteiger charge is -2.05. The minimum absolute atomic E-state index is 0.0319. The predicted octanol–water partition coefficient (Wildman–Crippen LogP) is 2.92. The first-order valence-corrected chi connectivity index (χ1v) is 7.01. The number of aromatic nitrogens is 4. The Morgan fingerprint density at radius 2 is 1.95 bits per heavy atom. The number of halogens is 1. The van der Waals surface area contributed by atoms with Crippen LogP contribution in [0.15, 0.2) is 24.3 Å². The van der Waals surface area contributed by atoms with Gasteiger partial charge in [0.2, 0.25) is 0 Å². The molecule has 0 bridgehead atoms. The molecule has 0 saturated carbocycles. The summed E-state index contributed by atoms with van der Waals surface area (Å²) in [6, 6.07) is 6.87. The van der Waals surface area contributed by atoms with Crippen LogP contribution >= 0.6 is 11.6 Å². The second-order valence-corrected chi connectivity index (χ2v) is 5.42. The van der Waals surface area contributed by atoms with Gasteiger partial charge in [0, 0.05) is 16.4 Å². The van der Waals surface area contributed by atoms with Gasteiger partial charge in [0.15, 0.2) is 0 Å². The number of hydrogen-bond acceptors (Lipinski definition) is 5. The molecular weight excluding hydrogens is 304 g/mol. The minimum Gasteiger partial charge on any atom is -0.420 e. The molecule has 3 rings (SSSR count). The fourth-order valence-corrected chi connectivity index (χ4v) is 2.35. The van der Waals surface area contributed by atoms with Gasteiger partial charge in [-0.15, -0.1) is 5.10 Å². The second-order valence-electron chi connectivity index (χ2n) is 4.99. The zero-order valence-electron chi connectivity index (χ0n) is 12.3. The van der Waals surface area contributed by atoms with Gasteiger partial charge in [-0.1, -0.05) is 11.6 Å². The lowest BCUT2D eigenvalue weighted by molar-refractivity contribution is 0.0721. The summed E-state index contributed by atoms with van der Waals surface area (Å²) in [5.41, 5.74) is 2.41. The zero-order chi connectivity index (χ0) is 15.9. The van der Waals surface area contributed by atoms with E-state index in [0.717, 1.165) is 17.0 Å². The molecule has 0 amide bonds. The standard InChI is InChI=1S/C15H13ClN4O2/c1-8-6-11(16)4-5-12(8)22-14(21)13-18-15-17-9(2)7-10(3)20(15)19-13/h4-7H,1-3H3. The average Bonchev–Trinajstić information content (AvgIpc) is 2.86. The van der Waals surface area contributed by atoms with Crippen LogP contribution in [-0.2, 0) is 0 Å². The maximum atomic E-state index is 12.2. The molecule has 0 atom stereocenters. The molecule has 0 fully saturated rings. The number of benzene rings is 1. The molecule has 0 unspecified atom stereocenters. The van der Waals surface area contributed by atoms with Crippen molar-refractivity contribution in [2.45, 2.75) is 20.8 Å². The summed E-state index contributed by atoms with van der Waals surface area (Å²) in [7, 11) is 0. The van der Waals surface area contributed by atoms with Crippen LogP contribution < -0.4 is 4.74 Å². The fraction of sp³-hybridized carbons (Fsp3) is 0.200.